The van der Waals surface area contributed by atoms with Gasteiger partial charge < -0.3 is 10.4 Å². The molecule has 0 saturated carbocycles. The Balaban J connectivity index is 2.32. The minimum atomic E-state index is -1.06. The Morgan fingerprint density at radius 2 is 1.84 bits per heavy atom. The molecule has 1 aromatic carbocycles. The summed E-state index contributed by atoms with van der Waals surface area (Å²) in [5.41, 5.74) is 3.78. The second-order valence-electron chi connectivity index (χ2n) is 4.45. The van der Waals surface area contributed by atoms with Gasteiger partial charge in [-0.3, -0.25) is 0 Å². The largest absolute Gasteiger partial charge is 0.477 e. The average Bonchev–Trinajstić information content (AvgIpc) is 2.33. The van der Waals surface area contributed by atoms with Crippen LogP contribution in [0.25, 0.3) is 0 Å². The van der Waals surface area contributed by atoms with E-state index >= 15 is 0 Å². The molecule has 0 aliphatic carbocycles. The third-order valence-electron chi connectivity index (χ3n) is 2.84. The van der Waals surface area contributed by atoms with Crippen LogP contribution in [-0.2, 0) is 0 Å². The highest BCUT2D eigenvalue weighted by atomic mass is 16.4. The third kappa shape index (κ3) is 3.07. The molecule has 0 fully saturated rings. The third-order valence-corrected chi connectivity index (χ3v) is 2.84. The summed E-state index contributed by atoms with van der Waals surface area (Å²) in [6.07, 6.45) is 0. The van der Waals surface area contributed by atoms with Gasteiger partial charge in [-0.2, -0.15) is 0 Å². The zero-order valence-electron chi connectivity index (χ0n) is 11.1. The molecular formula is C14H15N3O2. The monoisotopic (exact) mass is 257 g/mol. The molecule has 1 aromatic heterocycles. The number of anilines is 2. The van der Waals surface area contributed by atoms with Crippen molar-refractivity contribution < 1.29 is 9.90 Å². The molecule has 2 aromatic rings. The summed E-state index contributed by atoms with van der Waals surface area (Å²) in [4.78, 5) is 19.1. The molecule has 2 rings (SSSR count). The van der Waals surface area contributed by atoms with Gasteiger partial charge in [0.25, 0.3) is 0 Å². The molecule has 5 nitrogen and oxygen atoms in total. The smallest absolute Gasteiger partial charge is 0.354 e. The van der Waals surface area contributed by atoms with Crippen molar-refractivity contribution >= 4 is 17.6 Å². The van der Waals surface area contributed by atoms with Gasteiger partial charge in [-0.15, -0.1) is 0 Å². The second kappa shape index (κ2) is 5.06. The van der Waals surface area contributed by atoms with Crippen molar-refractivity contribution in [3.8, 4) is 0 Å². The van der Waals surface area contributed by atoms with Crippen LogP contribution in [0.4, 0.5) is 11.6 Å². The summed E-state index contributed by atoms with van der Waals surface area (Å²) >= 11 is 0. The maximum Gasteiger partial charge on any atom is 0.354 e. The quantitative estimate of drug-likeness (QED) is 0.884. The molecule has 2 N–H and O–H groups in total. The summed E-state index contributed by atoms with van der Waals surface area (Å²) in [6.45, 7) is 5.78. The molecule has 98 valence electrons. The maximum atomic E-state index is 10.9. The SMILES string of the molecule is Cc1cc(C(=O)O)nc(Nc2ccc(C)c(C)c2)n1. The Hall–Kier alpha value is -2.43. The van der Waals surface area contributed by atoms with Crippen LogP contribution in [0, 0.1) is 20.8 Å². The van der Waals surface area contributed by atoms with E-state index in [2.05, 4.69) is 15.3 Å². The Kier molecular flexibility index (Phi) is 3.46. The lowest BCUT2D eigenvalue weighted by molar-refractivity contribution is 0.0690. The van der Waals surface area contributed by atoms with Gasteiger partial charge >= 0.3 is 5.97 Å². The molecular weight excluding hydrogens is 242 g/mol. The van der Waals surface area contributed by atoms with E-state index in [1.807, 2.05) is 32.0 Å². The van der Waals surface area contributed by atoms with Crippen molar-refractivity contribution in [3.63, 3.8) is 0 Å². The minimum absolute atomic E-state index is 0.0150. The summed E-state index contributed by atoms with van der Waals surface area (Å²) < 4.78 is 0. The van der Waals surface area contributed by atoms with Gasteiger partial charge in [-0.05, 0) is 50.1 Å². The standard InChI is InChI=1S/C14H15N3O2/c1-8-4-5-11(6-9(8)2)16-14-15-10(3)7-12(17-14)13(18)19/h4-7H,1-3H3,(H,18,19)(H,15,16,17). The number of aryl methyl sites for hydroxylation is 3. The topological polar surface area (TPSA) is 75.1 Å². The number of benzene rings is 1. The molecule has 0 radical (unpaired) electrons. The Bertz CT molecular complexity index is 639. The Labute approximate surface area is 111 Å². The van der Waals surface area contributed by atoms with Gasteiger partial charge in [0, 0.05) is 11.4 Å². The lowest BCUT2D eigenvalue weighted by Crippen LogP contribution is -2.06. The van der Waals surface area contributed by atoms with Crippen molar-refractivity contribution in [1.82, 2.24) is 9.97 Å². The number of carboxylic acids is 1. The first kappa shape index (κ1) is 13.0. The summed E-state index contributed by atoms with van der Waals surface area (Å²) in [5.74, 6) is -0.769. The van der Waals surface area contributed by atoms with Crippen LogP contribution < -0.4 is 5.32 Å². The van der Waals surface area contributed by atoms with E-state index in [1.165, 1.54) is 11.6 Å². The molecule has 0 bridgehead atoms. The predicted octanol–water partition coefficient (Wildman–Crippen LogP) is 2.84. The maximum absolute atomic E-state index is 10.9. The van der Waals surface area contributed by atoms with Crippen molar-refractivity contribution in [1.29, 1.82) is 0 Å². The number of nitrogens with zero attached hydrogens (tertiary/aromatic N) is 2. The van der Waals surface area contributed by atoms with E-state index in [-0.39, 0.29) is 5.69 Å². The summed E-state index contributed by atoms with van der Waals surface area (Å²) in [7, 11) is 0. The summed E-state index contributed by atoms with van der Waals surface area (Å²) in [5, 5.41) is 12.0. The molecule has 5 heteroatoms. The highest BCUT2D eigenvalue weighted by Crippen LogP contribution is 2.17. The fourth-order valence-corrected chi connectivity index (χ4v) is 1.68. The zero-order valence-corrected chi connectivity index (χ0v) is 11.1. The van der Waals surface area contributed by atoms with Gasteiger partial charge in [0.1, 0.15) is 0 Å². The number of carbonyl (C=O) groups is 1. The Morgan fingerprint density at radius 3 is 2.47 bits per heavy atom. The van der Waals surface area contributed by atoms with Crippen LogP contribution in [0.5, 0.6) is 0 Å². The second-order valence-corrected chi connectivity index (χ2v) is 4.45. The van der Waals surface area contributed by atoms with E-state index in [0.29, 0.717) is 11.6 Å². The van der Waals surface area contributed by atoms with Gasteiger partial charge in [0.2, 0.25) is 5.95 Å². The number of carboxylic acid groups (broad SMARTS) is 1. The number of rotatable bonds is 3. The molecule has 0 aliphatic rings. The van der Waals surface area contributed by atoms with Crippen molar-refractivity contribution in [3.05, 3.63) is 46.8 Å². The van der Waals surface area contributed by atoms with Gasteiger partial charge in [0.15, 0.2) is 5.69 Å². The predicted molar refractivity (Wildman–Crippen MR) is 72.9 cm³/mol. The van der Waals surface area contributed by atoms with Crippen LogP contribution in [0.3, 0.4) is 0 Å². The highest BCUT2D eigenvalue weighted by molar-refractivity contribution is 5.85. The number of hydrogen-bond acceptors (Lipinski definition) is 4. The summed E-state index contributed by atoms with van der Waals surface area (Å²) in [6, 6.07) is 7.31. The first-order valence-electron chi connectivity index (χ1n) is 5.89. The van der Waals surface area contributed by atoms with Crippen LogP contribution >= 0.6 is 0 Å². The van der Waals surface area contributed by atoms with Gasteiger partial charge in [-0.25, -0.2) is 14.8 Å². The number of hydrogen-bond donors (Lipinski definition) is 2. The minimum Gasteiger partial charge on any atom is -0.477 e. The van der Waals surface area contributed by atoms with E-state index in [9.17, 15) is 4.79 Å². The molecule has 1 heterocycles. The van der Waals surface area contributed by atoms with Crippen molar-refractivity contribution in [2.24, 2.45) is 0 Å². The average molecular weight is 257 g/mol. The van der Waals surface area contributed by atoms with E-state index in [0.717, 1.165) is 11.3 Å². The molecule has 0 amide bonds. The number of aromatic carboxylic acids is 1. The van der Waals surface area contributed by atoms with Crippen LogP contribution in [0.15, 0.2) is 24.3 Å². The molecule has 0 unspecified atom stereocenters. The van der Waals surface area contributed by atoms with Crippen molar-refractivity contribution in [2.45, 2.75) is 20.8 Å². The van der Waals surface area contributed by atoms with E-state index in [4.69, 9.17) is 5.11 Å². The molecule has 0 atom stereocenters. The molecule has 19 heavy (non-hydrogen) atoms. The van der Waals surface area contributed by atoms with Crippen LogP contribution in [0.1, 0.15) is 27.3 Å². The van der Waals surface area contributed by atoms with E-state index < -0.39 is 5.97 Å². The molecule has 0 aliphatic heterocycles. The molecule has 0 saturated heterocycles. The molecule has 0 spiro atoms. The first-order valence-corrected chi connectivity index (χ1v) is 5.89. The fourth-order valence-electron chi connectivity index (χ4n) is 1.68. The number of nitrogens with one attached hydrogen (secondary N) is 1. The van der Waals surface area contributed by atoms with Crippen LogP contribution in [0.2, 0.25) is 0 Å². The normalized spacial score (nSPS) is 10.3. The Morgan fingerprint density at radius 1 is 1.11 bits per heavy atom. The highest BCUT2D eigenvalue weighted by Gasteiger charge is 2.08. The van der Waals surface area contributed by atoms with Crippen LogP contribution in [-0.4, -0.2) is 21.0 Å². The lowest BCUT2D eigenvalue weighted by Gasteiger charge is -2.08. The van der Waals surface area contributed by atoms with Crippen molar-refractivity contribution in [2.75, 3.05) is 5.32 Å². The number of aromatic nitrogens is 2. The zero-order chi connectivity index (χ0) is 14.0. The van der Waals surface area contributed by atoms with Gasteiger partial charge in [-0.1, -0.05) is 6.07 Å². The fraction of sp³-hybridized carbons (Fsp3) is 0.214. The first-order chi connectivity index (χ1) is 8.95. The van der Waals surface area contributed by atoms with Gasteiger partial charge in [0.05, 0.1) is 0 Å². The van der Waals surface area contributed by atoms with E-state index in [1.54, 1.807) is 6.92 Å². The lowest BCUT2D eigenvalue weighted by atomic mass is 10.1.